The van der Waals surface area contributed by atoms with E-state index in [2.05, 4.69) is 25.4 Å². The minimum atomic E-state index is -0.263. The summed E-state index contributed by atoms with van der Waals surface area (Å²) in [5.74, 6) is 0.0738. The molecule has 3 heterocycles. The van der Waals surface area contributed by atoms with E-state index < -0.39 is 0 Å². The molecule has 10 heteroatoms. The Kier molecular flexibility index (Phi) is 5.69. The molecule has 0 aliphatic rings. The average Bonchev–Trinajstić information content (AvgIpc) is 3.40. The molecular formula is C24H21ClN8O. The highest BCUT2D eigenvalue weighted by Gasteiger charge is 2.21. The summed E-state index contributed by atoms with van der Waals surface area (Å²) in [7, 11) is 1.79. The molecule has 0 fully saturated rings. The Labute approximate surface area is 200 Å². The normalized spacial score (nSPS) is 11.1. The largest absolute Gasteiger partial charge is 0.382 e. The molecule has 2 aromatic carbocycles. The number of imidazole rings is 1. The molecule has 0 bridgehead atoms. The maximum Gasteiger partial charge on any atom is 0.256 e. The van der Waals surface area contributed by atoms with E-state index in [1.165, 1.54) is 6.33 Å². The van der Waals surface area contributed by atoms with Gasteiger partial charge in [0.05, 0.1) is 11.3 Å². The van der Waals surface area contributed by atoms with Crippen molar-refractivity contribution in [1.82, 2.24) is 34.6 Å². The Bertz CT molecular complexity index is 1470. The minimum absolute atomic E-state index is 0.189. The van der Waals surface area contributed by atoms with Crippen LogP contribution in [0.4, 0.5) is 5.82 Å². The van der Waals surface area contributed by atoms with Crippen molar-refractivity contribution < 1.29 is 4.79 Å². The van der Waals surface area contributed by atoms with Gasteiger partial charge in [0.2, 0.25) is 0 Å². The standard InChI is InChI=1S/C24H21ClN8O/c1-32-18(11-15-5-3-2-4-6-15)19(21(25)31-32)24(34)27-12-16-7-9-17(10-8-16)33-14-30-20-22(26)28-13-29-23(20)33/h2-10,13-14H,11-12H2,1H3,(H,27,34)(H2,26,28,29). The van der Waals surface area contributed by atoms with Crippen LogP contribution in [-0.4, -0.2) is 35.2 Å². The summed E-state index contributed by atoms with van der Waals surface area (Å²) in [5, 5.41) is 7.39. The zero-order valence-corrected chi connectivity index (χ0v) is 19.1. The number of hydrogen-bond donors (Lipinski definition) is 2. The highest BCUT2D eigenvalue weighted by Crippen LogP contribution is 2.22. The van der Waals surface area contributed by atoms with Crippen molar-refractivity contribution in [1.29, 1.82) is 0 Å². The number of nitrogen functional groups attached to an aromatic ring is 1. The zero-order valence-electron chi connectivity index (χ0n) is 18.3. The molecule has 5 rings (SSSR count). The summed E-state index contributed by atoms with van der Waals surface area (Å²) in [6.45, 7) is 0.342. The molecule has 0 saturated heterocycles. The predicted molar refractivity (Wildman–Crippen MR) is 130 cm³/mol. The lowest BCUT2D eigenvalue weighted by Crippen LogP contribution is -2.24. The van der Waals surface area contributed by atoms with Crippen molar-refractivity contribution in [2.45, 2.75) is 13.0 Å². The Balaban J connectivity index is 1.31. The zero-order chi connectivity index (χ0) is 23.7. The van der Waals surface area contributed by atoms with Gasteiger partial charge in [-0.05, 0) is 23.3 Å². The molecule has 3 aromatic heterocycles. The van der Waals surface area contributed by atoms with Gasteiger partial charge in [-0.15, -0.1) is 0 Å². The Morgan fingerprint density at radius 3 is 2.56 bits per heavy atom. The first-order valence-electron chi connectivity index (χ1n) is 10.6. The first-order valence-corrected chi connectivity index (χ1v) is 11.0. The van der Waals surface area contributed by atoms with Crippen LogP contribution in [0.2, 0.25) is 5.15 Å². The van der Waals surface area contributed by atoms with Crippen LogP contribution in [0.1, 0.15) is 27.2 Å². The maximum atomic E-state index is 13.0. The summed E-state index contributed by atoms with van der Waals surface area (Å²) in [5.41, 5.74) is 11.1. The molecular weight excluding hydrogens is 452 g/mol. The molecule has 9 nitrogen and oxygen atoms in total. The van der Waals surface area contributed by atoms with E-state index in [0.717, 1.165) is 22.5 Å². The lowest BCUT2D eigenvalue weighted by Gasteiger charge is -2.09. The molecule has 0 saturated carbocycles. The summed E-state index contributed by atoms with van der Waals surface area (Å²) in [6.07, 6.45) is 3.63. The van der Waals surface area contributed by atoms with Gasteiger partial charge in [-0.1, -0.05) is 54.1 Å². The number of aryl methyl sites for hydroxylation is 1. The number of aromatic nitrogens is 6. The van der Waals surface area contributed by atoms with E-state index in [4.69, 9.17) is 17.3 Å². The van der Waals surface area contributed by atoms with Crippen LogP contribution < -0.4 is 11.1 Å². The number of carbonyl (C=O) groups is 1. The maximum absolute atomic E-state index is 13.0. The van der Waals surface area contributed by atoms with Crippen LogP contribution in [0, 0.1) is 0 Å². The van der Waals surface area contributed by atoms with Gasteiger partial charge in [0.1, 0.15) is 12.7 Å². The van der Waals surface area contributed by atoms with Gasteiger partial charge in [0.15, 0.2) is 22.1 Å². The summed E-state index contributed by atoms with van der Waals surface area (Å²) in [6, 6.07) is 17.6. The second-order valence-electron chi connectivity index (χ2n) is 7.79. The van der Waals surface area contributed by atoms with Crippen LogP contribution in [0.5, 0.6) is 0 Å². The van der Waals surface area contributed by atoms with Crippen molar-refractivity contribution in [3.8, 4) is 5.69 Å². The van der Waals surface area contributed by atoms with Gasteiger partial charge >= 0.3 is 0 Å². The number of anilines is 1. The quantitative estimate of drug-likeness (QED) is 0.391. The van der Waals surface area contributed by atoms with Crippen molar-refractivity contribution in [2.75, 3.05) is 5.73 Å². The number of halogens is 1. The second kappa shape index (κ2) is 8.95. The third-order valence-electron chi connectivity index (χ3n) is 5.59. The number of amides is 1. The fraction of sp³-hybridized carbons (Fsp3) is 0.125. The van der Waals surface area contributed by atoms with Crippen LogP contribution >= 0.6 is 11.6 Å². The van der Waals surface area contributed by atoms with Crippen LogP contribution in [0.15, 0.2) is 67.3 Å². The van der Waals surface area contributed by atoms with Crippen LogP contribution in [-0.2, 0) is 20.0 Å². The highest BCUT2D eigenvalue weighted by molar-refractivity contribution is 6.32. The topological polar surface area (TPSA) is 117 Å². The smallest absolute Gasteiger partial charge is 0.256 e. The molecule has 0 aliphatic carbocycles. The molecule has 5 aromatic rings. The molecule has 0 radical (unpaired) electrons. The molecule has 170 valence electrons. The van der Waals surface area contributed by atoms with E-state index in [-0.39, 0.29) is 11.1 Å². The lowest BCUT2D eigenvalue weighted by atomic mass is 10.1. The minimum Gasteiger partial charge on any atom is -0.382 e. The van der Waals surface area contributed by atoms with Gasteiger partial charge in [-0.3, -0.25) is 14.0 Å². The number of carbonyl (C=O) groups excluding carboxylic acids is 1. The van der Waals surface area contributed by atoms with Gasteiger partial charge in [-0.2, -0.15) is 5.10 Å². The fourth-order valence-electron chi connectivity index (χ4n) is 3.83. The third-order valence-corrected chi connectivity index (χ3v) is 5.86. The Morgan fingerprint density at radius 2 is 1.79 bits per heavy atom. The van der Waals surface area contributed by atoms with E-state index in [0.29, 0.717) is 35.5 Å². The predicted octanol–water partition coefficient (Wildman–Crippen LogP) is 3.31. The number of nitrogens with zero attached hydrogens (tertiary/aromatic N) is 6. The highest BCUT2D eigenvalue weighted by atomic mass is 35.5. The summed E-state index contributed by atoms with van der Waals surface area (Å²) in [4.78, 5) is 25.5. The Hall–Kier alpha value is -4.24. The van der Waals surface area contributed by atoms with Crippen LogP contribution in [0.25, 0.3) is 16.9 Å². The van der Waals surface area contributed by atoms with Crippen molar-refractivity contribution in [3.05, 3.63) is 94.8 Å². The third kappa shape index (κ3) is 4.08. The average molecular weight is 473 g/mol. The van der Waals surface area contributed by atoms with Gasteiger partial charge in [0, 0.05) is 25.7 Å². The number of benzene rings is 2. The number of fused-ring (bicyclic) bond motifs is 1. The number of nitrogens with two attached hydrogens (primary N) is 1. The van der Waals surface area contributed by atoms with E-state index in [9.17, 15) is 4.79 Å². The Morgan fingerprint density at radius 1 is 1.03 bits per heavy atom. The monoisotopic (exact) mass is 472 g/mol. The molecule has 0 aliphatic heterocycles. The second-order valence-corrected chi connectivity index (χ2v) is 8.15. The SMILES string of the molecule is Cn1nc(Cl)c(C(=O)NCc2ccc(-n3cnc4c(N)ncnc43)cc2)c1Cc1ccccc1. The lowest BCUT2D eigenvalue weighted by molar-refractivity contribution is 0.0950. The first kappa shape index (κ1) is 21.6. The molecule has 34 heavy (non-hydrogen) atoms. The first-order chi connectivity index (χ1) is 16.5. The van der Waals surface area contributed by atoms with E-state index >= 15 is 0 Å². The molecule has 1 amide bonds. The van der Waals surface area contributed by atoms with Crippen molar-refractivity contribution in [2.24, 2.45) is 7.05 Å². The number of hydrogen-bond acceptors (Lipinski definition) is 6. The van der Waals surface area contributed by atoms with E-state index in [1.54, 1.807) is 18.1 Å². The summed E-state index contributed by atoms with van der Waals surface area (Å²) < 4.78 is 3.49. The fourth-order valence-corrected chi connectivity index (χ4v) is 4.13. The van der Waals surface area contributed by atoms with Crippen molar-refractivity contribution >= 4 is 34.5 Å². The van der Waals surface area contributed by atoms with Gasteiger partial charge in [-0.25, -0.2) is 15.0 Å². The molecule has 3 N–H and O–H groups in total. The molecule has 0 spiro atoms. The molecule has 0 atom stereocenters. The van der Waals surface area contributed by atoms with Gasteiger partial charge < -0.3 is 11.1 Å². The van der Waals surface area contributed by atoms with E-state index in [1.807, 2.05) is 59.2 Å². The van der Waals surface area contributed by atoms with Gasteiger partial charge in [0.25, 0.3) is 5.91 Å². The number of nitrogens with one attached hydrogen (secondary N) is 1. The van der Waals surface area contributed by atoms with Crippen molar-refractivity contribution in [3.63, 3.8) is 0 Å². The molecule has 0 unspecified atom stereocenters. The number of rotatable bonds is 6. The van der Waals surface area contributed by atoms with Crippen LogP contribution in [0.3, 0.4) is 0 Å². The summed E-state index contributed by atoms with van der Waals surface area (Å²) >= 11 is 6.31.